The zero-order chi connectivity index (χ0) is 21.0. The summed E-state index contributed by atoms with van der Waals surface area (Å²) in [5.41, 5.74) is 0.257. The van der Waals surface area contributed by atoms with Crippen LogP contribution in [0.15, 0.2) is 66.7 Å². The maximum Gasteiger partial charge on any atom is 0.256 e. The van der Waals surface area contributed by atoms with Crippen LogP contribution in [0.1, 0.15) is 31.8 Å². The van der Waals surface area contributed by atoms with Gasteiger partial charge in [-0.2, -0.15) is 0 Å². The van der Waals surface area contributed by atoms with Gasteiger partial charge in [-0.1, -0.05) is 30.3 Å². The number of amides is 2. The van der Waals surface area contributed by atoms with Crippen molar-refractivity contribution < 1.29 is 22.8 Å². The van der Waals surface area contributed by atoms with Crippen LogP contribution in [0.25, 0.3) is 0 Å². The van der Waals surface area contributed by atoms with Crippen molar-refractivity contribution in [3.63, 3.8) is 0 Å². The first-order valence-corrected chi connectivity index (χ1v) is 9.39. The van der Waals surface area contributed by atoms with Crippen LogP contribution in [-0.2, 0) is 5.66 Å². The summed E-state index contributed by atoms with van der Waals surface area (Å²) in [6, 6.07) is 15.5. The van der Waals surface area contributed by atoms with Crippen molar-refractivity contribution in [2.24, 2.45) is 0 Å². The van der Waals surface area contributed by atoms with Crippen LogP contribution >= 0.6 is 0 Å². The summed E-state index contributed by atoms with van der Waals surface area (Å²) in [5.74, 6) is -3.42. The molecule has 0 spiro atoms. The molecule has 30 heavy (non-hydrogen) atoms. The second-order valence-corrected chi connectivity index (χ2v) is 7.27. The van der Waals surface area contributed by atoms with E-state index < -0.39 is 29.0 Å². The number of hydrogen-bond acceptors (Lipinski definition) is 2. The van der Waals surface area contributed by atoms with Gasteiger partial charge in [-0.15, -0.1) is 0 Å². The van der Waals surface area contributed by atoms with E-state index in [1.165, 1.54) is 35.2 Å². The lowest BCUT2D eigenvalue weighted by Gasteiger charge is -2.40. The van der Waals surface area contributed by atoms with Crippen LogP contribution in [0.4, 0.5) is 13.2 Å². The molecule has 1 unspecified atom stereocenters. The van der Waals surface area contributed by atoms with Gasteiger partial charge in [0.05, 0.1) is 0 Å². The Balaban J connectivity index is 1.74. The molecule has 0 aliphatic carbocycles. The summed E-state index contributed by atoms with van der Waals surface area (Å²) < 4.78 is 40.9. The maximum atomic E-state index is 13.8. The second kappa shape index (κ2) is 6.45. The molecule has 4 nitrogen and oxygen atoms in total. The largest absolute Gasteiger partial charge is 0.306 e. The van der Waals surface area contributed by atoms with Gasteiger partial charge in [0, 0.05) is 35.3 Å². The fourth-order valence-corrected chi connectivity index (χ4v) is 4.51. The molecule has 3 aromatic rings. The lowest BCUT2D eigenvalue weighted by molar-refractivity contribution is 0.0374. The molecule has 150 valence electrons. The van der Waals surface area contributed by atoms with E-state index in [2.05, 4.69) is 0 Å². The summed E-state index contributed by atoms with van der Waals surface area (Å²) in [5, 5.41) is 0. The molecule has 0 N–H and O–H groups in total. The third-order valence-electron chi connectivity index (χ3n) is 5.77. The lowest BCUT2D eigenvalue weighted by Crippen LogP contribution is -2.51. The Morgan fingerprint density at radius 1 is 0.867 bits per heavy atom. The van der Waals surface area contributed by atoms with Gasteiger partial charge in [-0.05, 0) is 36.4 Å². The molecule has 1 atom stereocenters. The SMILES string of the molecule is O=C(c1ccc(F)c(F)c1)N1CCN2C(=O)c3ccccc3C12c1ccc(F)cc1. The summed E-state index contributed by atoms with van der Waals surface area (Å²) in [6.07, 6.45) is 0. The van der Waals surface area contributed by atoms with Crippen LogP contribution in [-0.4, -0.2) is 34.7 Å². The van der Waals surface area contributed by atoms with E-state index in [-0.39, 0.29) is 24.6 Å². The van der Waals surface area contributed by atoms with Crippen molar-refractivity contribution in [1.82, 2.24) is 9.80 Å². The highest BCUT2D eigenvalue weighted by Crippen LogP contribution is 2.50. The first-order valence-electron chi connectivity index (χ1n) is 9.39. The summed E-state index contributed by atoms with van der Waals surface area (Å²) in [4.78, 5) is 29.6. The first kappa shape index (κ1) is 18.4. The van der Waals surface area contributed by atoms with Crippen LogP contribution in [0.2, 0.25) is 0 Å². The van der Waals surface area contributed by atoms with Gasteiger partial charge in [0.1, 0.15) is 5.82 Å². The van der Waals surface area contributed by atoms with Crippen molar-refractivity contribution in [2.45, 2.75) is 5.66 Å². The minimum atomic E-state index is -1.29. The van der Waals surface area contributed by atoms with Crippen molar-refractivity contribution in [3.05, 3.63) is 106 Å². The molecule has 5 rings (SSSR count). The molecule has 0 bridgehead atoms. The molecule has 2 aliphatic rings. The van der Waals surface area contributed by atoms with Gasteiger partial charge in [0.2, 0.25) is 0 Å². The van der Waals surface area contributed by atoms with Gasteiger partial charge in [0.15, 0.2) is 17.3 Å². The normalized spacial score (nSPS) is 19.8. The number of benzene rings is 3. The van der Waals surface area contributed by atoms with Crippen molar-refractivity contribution in [3.8, 4) is 0 Å². The van der Waals surface area contributed by atoms with Crippen molar-refractivity contribution in [2.75, 3.05) is 13.1 Å². The Hall–Kier alpha value is -3.61. The molecule has 2 amide bonds. The molecule has 2 aliphatic heterocycles. The van der Waals surface area contributed by atoms with E-state index in [1.807, 2.05) is 0 Å². The summed E-state index contributed by atoms with van der Waals surface area (Å²) in [7, 11) is 0. The van der Waals surface area contributed by atoms with Gasteiger partial charge in [-0.25, -0.2) is 13.2 Å². The second-order valence-electron chi connectivity index (χ2n) is 7.27. The summed E-state index contributed by atoms with van der Waals surface area (Å²) >= 11 is 0. The Labute approximate surface area is 170 Å². The van der Waals surface area contributed by atoms with Crippen molar-refractivity contribution >= 4 is 11.8 Å². The Morgan fingerprint density at radius 3 is 2.33 bits per heavy atom. The van der Waals surface area contributed by atoms with Crippen LogP contribution in [0, 0.1) is 17.5 Å². The number of carbonyl (C=O) groups excluding carboxylic acids is 2. The molecule has 0 radical (unpaired) electrons. The van der Waals surface area contributed by atoms with E-state index in [0.717, 1.165) is 12.1 Å². The van der Waals surface area contributed by atoms with Crippen LogP contribution < -0.4 is 0 Å². The number of hydrogen-bond donors (Lipinski definition) is 0. The number of carbonyl (C=O) groups is 2. The molecule has 0 saturated carbocycles. The van der Waals surface area contributed by atoms with E-state index in [1.54, 1.807) is 29.2 Å². The zero-order valence-electron chi connectivity index (χ0n) is 15.6. The maximum absolute atomic E-state index is 13.8. The molecule has 2 heterocycles. The first-order chi connectivity index (χ1) is 14.4. The number of fused-ring (bicyclic) bond motifs is 3. The lowest BCUT2D eigenvalue weighted by atomic mass is 9.89. The number of rotatable bonds is 2. The third kappa shape index (κ3) is 2.35. The molecular formula is C23H15F3N2O2. The van der Waals surface area contributed by atoms with Crippen LogP contribution in [0.3, 0.4) is 0 Å². The highest BCUT2D eigenvalue weighted by atomic mass is 19.2. The van der Waals surface area contributed by atoms with Gasteiger partial charge in [-0.3, -0.25) is 9.59 Å². The van der Waals surface area contributed by atoms with Crippen molar-refractivity contribution in [1.29, 1.82) is 0 Å². The van der Waals surface area contributed by atoms with Crippen LogP contribution in [0.5, 0.6) is 0 Å². The van der Waals surface area contributed by atoms with E-state index in [9.17, 15) is 22.8 Å². The van der Waals surface area contributed by atoms with E-state index in [0.29, 0.717) is 16.7 Å². The average molecular weight is 408 g/mol. The standard InChI is InChI=1S/C23H15F3N2O2/c24-16-8-6-15(7-9-16)23-18-4-2-1-3-17(18)22(30)28(23)12-11-27(23)21(29)14-5-10-19(25)20(26)13-14/h1-10,13H,11-12H2. The minimum absolute atomic E-state index is 0.0333. The Bertz CT molecular complexity index is 1200. The molecule has 0 aromatic heterocycles. The highest BCUT2D eigenvalue weighted by Gasteiger charge is 2.59. The zero-order valence-corrected chi connectivity index (χ0v) is 15.6. The predicted octanol–water partition coefficient (Wildman–Crippen LogP) is 3.92. The molecule has 3 aromatic carbocycles. The topological polar surface area (TPSA) is 40.6 Å². The van der Waals surface area contributed by atoms with Gasteiger partial charge >= 0.3 is 0 Å². The highest BCUT2D eigenvalue weighted by molar-refractivity contribution is 6.03. The fraction of sp³-hybridized carbons (Fsp3) is 0.130. The van der Waals surface area contributed by atoms with Gasteiger partial charge < -0.3 is 9.80 Å². The Kier molecular flexibility index (Phi) is 3.96. The quantitative estimate of drug-likeness (QED) is 0.645. The molecule has 1 fully saturated rings. The van der Waals surface area contributed by atoms with Gasteiger partial charge in [0.25, 0.3) is 11.8 Å². The van der Waals surface area contributed by atoms with E-state index in [4.69, 9.17) is 0 Å². The molecule has 1 saturated heterocycles. The summed E-state index contributed by atoms with van der Waals surface area (Å²) in [6.45, 7) is 0.440. The predicted molar refractivity (Wildman–Crippen MR) is 102 cm³/mol. The average Bonchev–Trinajstić information content (AvgIpc) is 3.26. The smallest absolute Gasteiger partial charge is 0.256 e. The monoisotopic (exact) mass is 408 g/mol. The fourth-order valence-electron chi connectivity index (χ4n) is 4.51. The third-order valence-corrected chi connectivity index (χ3v) is 5.77. The number of halogens is 3. The number of nitrogens with zero attached hydrogens (tertiary/aromatic N) is 2. The Morgan fingerprint density at radius 2 is 1.60 bits per heavy atom. The van der Waals surface area contributed by atoms with E-state index >= 15 is 0 Å². The molecular weight excluding hydrogens is 393 g/mol. The minimum Gasteiger partial charge on any atom is -0.306 e. The molecule has 7 heteroatoms.